The SMILES string of the molecule is ClCc1cccc(OC2CCCCC2)n1. The Hall–Kier alpha value is -0.760. The summed E-state index contributed by atoms with van der Waals surface area (Å²) in [6.45, 7) is 0. The fourth-order valence-electron chi connectivity index (χ4n) is 1.95. The Bertz CT molecular complexity index is 310. The molecule has 1 fully saturated rings. The summed E-state index contributed by atoms with van der Waals surface area (Å²) in [5.41, 5.74) is 0.880. The van der Waals surface area contributed by atoms with Crippen LogP contribution in [0.5, 0.6) is 5.88 Å². The molecule has 0 spiro atoms. The number of nitrogens with zero attached hydrogens (tertiary/aromatic N) is 1. The fraction of sp³-hybridized carbons (Fsp3) is 0.583. The van der Waals surface area contributed by atoms with E-state index in [2.05, 4.69) is 4.98 Å². The van der Waals surface area contributed by atoms with Crippen molar-refractivity contribution in [3.8, 4) is 5.88 Å². The van der Waals surface area contributed by atoms with Crippen molar-refractivity contribution in [2.45, 2.75) is 44.1 Å². The van der Waals surface area contributed by atoms with Crippen molar-refractivity contribution in [3.63, 3.8) is 0 Å². The maximum atomic E-state index is 5.83. The van der Waals surface area contributed by atoms with Crippen molar-refractivity contribution in [1.29, 1.82) is 0 Å². The lowest BCUT2D eigenvalue weighted by atomic mass is 9.98. The molecule has 1 aliphatic carbocycles. The third-order valence-electron chi connectivity index (χ3n) is 2.76. The fourth-order valence-corrected chi connectivity index (χ4v) is 2.10. The van der Waals surface area contributed by atoms with Gasteiger partial charge in [0, 0.05) is 6.07 Å². The summed E-state index contributed by atoms with van der Waals surface area (Å²) in [4.78, 5) is 4.33. The summed E-state index contributed by atoms with van der Waals surface area (Å²) in [5, 5.41) is 0. The molecule has 2 rings (SSSR count). The van der Waals surface area contributed by atoms with Crippen molar-refractivity contribution in [1.82, 2.24) is 4.98 Å². The van der Waals surface area contributed by atoms with E-state index in [0.717, 1.165) is 24.4 Å². The molecule has 1 aromatic heterocycles. The molecule has 0 radical (unpaired) electrons. The lowest BCUT2D eigenvalue weighted by molar-refractivity contribution is 0.148. The highest BCUT2D eigenvalue weighted by atomic mass is 35.5. The second kappa shape index (κ2) is 5.36. The normalized spacial score (nSPS) is 17.7. The molecule has 0 amide bonds. The standard InChI is InChI=1S/C12H16ClNO/c13-9-10-5-4-8-12(14-10)15-11-6-2-1-3-7-11/h4-5,8,11H,1-3,6-7,9H2. The molecule has 0 saturated heterocycles. The molecule has 0 atom stereocenters. The number of hydrogen-bond donors (Lipinski definition) is 0. The van der Waals surface area contributed by atoms with E-state index in [1.165, 1.54) is 19.3 Å². The minimum Gasteiger partial charge on any atom is -0.474 e. The van der Waals surface area contributed by atoms with Crippen LogP contribution in [-0.4, -0.2) is 11.1 Å². The van der Waals surface area contributed by atoms with Gasteiger partial charge in [-0.15, -0.1) is 11.6 Å². The van der Waals surface area contributed by atoms with E-state index in [1.54, 1.807) is 0 Å². The second-order valence-electron chi connectivity index (χ2n) is 3.98. The van der Waals surface area contributed by atoms with Crippen LogP contribution >= 0.6 is 11.6 Å². The second-order valence-corrected chi connectivity index (χ2v) is 4.25. The van der Waals surface area contributed by atoms with Crippen molar-refractivity contribution < 1.29 is 4.74 Å². The molecule has 0 bridgehead atoms. The average Bonchev–Trinajstić information content (AvgIpc) is 2.31. The molecular formula is C12H16ClNO. The van der Waals surface area contributed by atoms with Crippen molar-refractivity contribution in [2.24, 2.45) is 0 Å². The van der Waals surface area contributed by atoms with Gasteiger partial charge < -0.3 is 4.74 Å². The summed E-state index contributed by atoms with van der Waals surface area (Å²) < 4.78 is 5.83. The van der Waals surface area contributed by atoms with Crippen molar-refractivity contribution >= 4 is 11.6 Å². The van der Waals surface area contributed by atoms with Crippen LogP contribution in [0.1, 0.15) is 37.8 Å². The highest BCUT2D eigenvalue weighted by molar-refractivity contribution is 6.16. The van der Waals surface area contributed by atoms with Gasteiger partial charge in [-0.3, -0.25) is 0 Å². The first-order chi connectivity index (χ1) is 7.38. The van der Waals surface area contributed by atoms with Gasteiger partial charge in [-0.2, -0.15) is 0 Å². The van der Waals surface area contributed by atoms with E-state index in [-0.39, 0.29) is 0 Å². The highest BCUT2D eigenvalue weighted by Crippen LogP contribution is 2.22. The number of hydrogen-bond acceptors (Lipinski definition) is 2. The minimum absolute atomic E-state index is 0.358. The molecule has 1 saturated carbocycles. The summed E-state index contributed by atoms with van der Waals surface area (Å²) >= 11 is 5.72. The molecule has 0 unspecified atom stereocenters. The first kappa shape index (κ1) is 10.7. The highest BCUT2D eigenvalue weighted by Gasteiger charge is 2.15. The topological polar surface area (TPSA) is 22.1 Å². The van der Waals surface area contributed by atoms with Gasteiger partial charge in [-0.25, -0.2) is 4.98 Å². The van der Waals surface area contributed by atoms with Gasteiger partial charge in [-0.1, -0.05) is 12.5 Å². The Labute approximate surface area is 95.6 Å². The van der Waals surface area contributed by atoms with Crippen molar-refractivity contribution in [2.75, 3.05) is 0 Å². The Morgan fingerprint density at radius 2 is 2.07 bits per heavy atom. The molecule has 1 aromatic rings. The predicted octanol–water partition coefficient (Wildman–Crippen LogP) is 3.53. The monoisotopic (exact) mass is 225 g/mol. The summed E-state index contributed by atoms with van der Waals surface area (Å²) in [5.74, 6) is 1.17. The van der Waals surface area contributed by atoms with E-state index in [4.69, 9.17) is 16.3 Å². The maximum Gasteiger partial charge on any atom is 0.213 e. The number of rotatable bonds is 3. The van der Waals surface area contributed by atoms with Gasteiger partial charge in [0.1, 0.15) is 6.10 Å². The van der Waals surface area contributed by atoms with Crippen LogP contribution in [0.3, 0.4) is 0 Å². The largest absolute Gasteiger partial charge is 0.474 e. The Morgan fingerprint density at radius 1 is 1.27 bits per heavy atom. The number of pyridine rings is 1. The average molecular weight is 226 g/mol. The number of halogens is 1. The van der Waals surface area contributed by atoms with Crippen LogP contribution in [-0.2, 0) is 5.88 Å². The van der Waals surface area contributed by atoms with Gasteiger partial charge in [-0.05, 0) is 31.7 Å². The van der Waals surface area contributed by atoms with Gasteiger partial charge in [0.05, 0.1) is 11.6 Å². The molecule has 1 aliphatic rings. The van der Waals surface area contributed by atoms with E-state index < -0.39 is 0 Å². The van der Waals surface area contributed by atoms with Crippen LogP contribution in [0.4, 0.5) is 0 Å². The van der Waals surface area contributed by atoms with Crippen LogP contribution < -0.4 is 4.74 Å². The molecule has 0 N–H and O–H groups in total. The zero-order valence-electron chi connectivity index (χ0n) is 8.79. The quantitative estimate of drug-likeness (QED) is 0.735. The third kappa shape index (κ3) is 3.10. The van der Waals surface area contributed by atoms with Crippen LogP contribution in [0.2, 0.25) is 0 Å². The summed E-state index contributed by atoms with van der Waals surface area (Å²) in [6, 6.07) is 5.77. The van der Waals surface area contributed by atoms with Gasteiger partial charge in [0.2, 0.25) is 5.88 Å². The maximum absolute atomic E-state index is 5.83. The van der Waals surface area contributed by atoms with Gasteiger partial charge in [0.15, 0.2) is 0 Å². The van der Waals surface area contributed by atoms with E-state index in [1.807, 2.05) is 18.2 Å². The molecule has 1 heterocycles. The van der Waals surface area contributed by atoms with E-state index in [0.29, 0.717) is 12.0 Å². The lowest BCUT2D eigenvalue weighted by Gasteiger charge is -2.22. The number of aromatic nitrogens is 1. The molecule has 0 aliphatic heterocycles. The molecule has 82 valence electrons. The lowest BCUT2D eigenvalue weighted by Crippen LogP contribution is -2.20. The summed E-state index contributed by atoms with van der Waals surface area (Å²) in [7, 11) is 0. The van der Waals surface area contributed by atoms with Crippen LogP contribution in [0.15, 0.2) is 18.2 Å². The number of alkyl halides is 1. The zero-order chi connectivity index (χ0) is 10.5. The number of ether oxygens (including phenoxy) is 1. The first-order valence-electron chi connectivity index (χ1n) is 5.57. The molecular weight excluding hydrogens is 210 g/mol. The van der Waals surface area contributed by atoms with E-state index in [9.17, 15) is 0 Å². The predicted molar refractivity (Wildman–Crippen MR) is 61.3 cm³/mol. The molecule has 3 heteroatoms. The summed E-state index contributed by atoms with van der Waals surface area (Å²) in [6.07, 6.45) is 6.57. The van der Waals surface area contributed by atoms with E-state index >= 15 is 0 Å². The minimum atomic E-state index is 0.358. The molecule has 0 aromatic carbocycles. The Balaban J connectivity index is 1.96. The Morgan fingerprint density at radius 3 is 2.80 bits per heavy atom. The van der Waals surface area contributed by atoms with Crippen LogP contribution in [0, 0.1) is 0 Å². The van der Waals surface area contributed by atoms with Crippen molar-refractivity contribution in [3.05, 3.63) is 23.9 Å². The third-order valence-corrected chi connectivity index (χ3v) is 3.03. The van der Waals surface area contributed by atoms with Gasteiger partial charge >= 0.3 is 0 Å². The molecule has 15 heavy (non-hydrogen) atoms. The smallest absolute Gasteiger partial charge is 0.213 e. The Kier molecular flexibility index (Phi) is 3.84. The van der Waals surface area contributed by atoms with Gasteiger partial charge in [0.25, 0.3) is 0 Å². The zero-order valence-corrected chi connectivity index (χ0v) is 9.54. The first-order valence-corrected chi connectivity index (χ1v) is 6.10. The molecule has 2 nitrogen and oxygen atoms in total. The van der Waals surface area contributed by atoms with Crippen LogP contribution in [0.25, 0.3) is 0 Å².